The summed E-state index contributed by atoms with van der Waals surface area (Å²) in [6.45, 7) is 4.04. The van der Waals surface area contributed by atoms with Crippen LogP contribution in [-0.4, -0.2) is 72.5 Å². The van der Waals surface area contributed by atoms with Crippen molar-refractivity contribution in [2.45, 2.75) is 51.2 Å². The quantitative estimate of drug-likeness (QED) is 0.0643. The van der Waals surface area contributed by atoms with Crippen LogP contribution in [0.25, 0.3) is 21.0 Å². The molecular weight excluding hydrogens is 641 g/mol. The van der Waals surface area contributed by atoms with Gasteiger partial charge in [-0.05, 0) is 72.8 Å². The zero-order chi connectivity index (χ0) is 32.9. The van der Waals surface area contributed by atoms with E-state index in [9.17, 15) is 23.9 Å². The summed E-state index contributed by atoms with van der Waals surface area (Å²) < 4.78 is 30.4. The number of nitrogens with zero attached hydrogens (tertiary/aromatic N) is 2. The Labute approximate surface area is 277 Å². The van der Waals surface area contributed by atoms with Gasteiger partial charge in [0.25, 0.3) is 14.1 Å². The Morgan fingerprint density at radius 2 is 1.87 bits per heavy atom. The predicted octanol–water partition coefficient (Wildman–Crippen LogP) is 5.17. The first-order valence-electron chi connectivity index (χ1n) is 16.4. The third kappa shape index (κ3) is 8.81. The van der Waals surface area contributed by atoms with E-state index in [0.29, 0.717) is 54.8 Å². The summed E-state index contributed by atoms with van der Waals surface area (Å²) in [7, 11) is -5.18. The standard InChI is InChI=1S/C34H42N3O8PS/c38-32-14-12-25-11-13-27(23-29(25)35-32)43-21-5-4-18-37(19-16-36(17-20-37)30-9-6-10-31-28(30)15-22-47-31)24-33(45-46(40,41)42)44-34(39)26-7-2-1-3-8-26/h6,9-15,22-23,26,33H,1-5,7-8,16-21,24H2,(H2-,35,38,40,41,42). The van der Waals surface area contributed by atoms with Gasteiger partial charge in [-0.15, -0.1) is 11.3 Å². The van der Waals surface area contributed by atoms with Crippen LogP contribution in [0.15, 0.2) is 64.8 Å². The molecule has 11 nitrogen and oxygen atoms in total. The van der Waals surface area contributed by atoms with Crippen molar-refractivity contribution in [1.29, 1.82) is 0 Å². The Balaban J connectivity index is 1.14. The summed E-state index contributed by atoms with van der Waals surface area (Å²) in [5.41, 5.74) is 1.71. The van der Waals surface area contributed by atoms with Crippen LogP contribution in [0.5, 0.6) is 5.75 Å². The van der Waals surface area contributed by atoms with E-state index < -0.39 is 20.1 Å². The minimum atomic E-state index is -5.18. The Morgan fingerprint density at radius 1 is 1.09 bits per heavy atom. The summed E-state index contributed by atoms with van der Waals surface area (Å²) in [4.78, 5) is 51.6. The van der Waals surface area contributed by atoms with Gasteiger partial charge in [-0.1, -0.05) is 25.3 Å². The van der Waals surface area contributed by atoms with Gasteiger partial charge in [-0.3, -0.25) is 18.7 Å². The molecule has 2 atom stereocenters. The van der Waals surface area contributed by atoms with Gasteiger partial charge in [0.15, 0.2) is 0 Å². The number of fused-ring (bicyclic) bond motifs is 2. The number of esters is 1. The molecule has 2 unspecified atom stereocenters. The fraction of sp³-hybridized carbons (Fsp3) is 0.471. The van der Waals surface area contributed by atoms with E-state index in [1.165, 1.54) is 21.8 Å². The average molecular weight is 684 g/mol. The van der Waals surface area contributed by atoms with E-state index in [4.69, 9.17) is 14.0 Å². The molecule has 2 aromatic heterocycles. The van der Waals surface area contributed by atoms with Crippen LogP contribution in [0.1, 0.15) is 44.9 Å². The number of anilines is 1. The largest absolute Gasteiger partial charge is 0.756 e. The maximum Gasteiger partial charge on any atom is 0.311 e. The molecule has 1 saturated carbocycles. The summed E-state index contributed by atoms with van der Waals surface area (Å²) >= 11 is 1.71. The minimum absolute atomic E-state index is 0.112. The molecule has 0 spiro atoms. The van der Waals surface area contributed by atoms with Gasteiger partial charge in [-0.2, -0.15) is 0 Å². The normalized spacial score (nSPS) is 19.0. The molecule has 1 aliphatic carbocycles. The number of carbonyl (C=O) groups is 1. The van der Waals surface area contributed by atoms with Crippen molar-refractivity contribution in [2.75, 3.05) is 50.8 Å². The summed E-state index contributed by atoms with van der Waals surface area (Å²) in [5.74, 6) is -0.0908. The SMILES string of the molecule is O=C(OC(C[N+]1(CCCCOc2ccc3ccc(=O)[nH]c3c2)CCN(c2cccc3sccc23)CC1)OP(=O)([O-])O)C1CCCCC1. The van der Waals surface area contributed by atoms with Crippen LogP contribution in [0.3, 0.4) is 0 Å². The number of unbranched alkanes of at least 4 members (excludes halogenated alkanes) is 1. The highest BCUT2D eigenvalue weighted by Crippen LogP contribution is 2.36. The first-order chi connectivity index (χ1) is 22.7. The molecule has 3 heterocycles. The lowest BCUT2D eigenvalue weighted by Gasteiger charge is -2.47. The van der Waals surface area contributed by atoms with Crippen LogP contribution in [0, 0.1) is 5.92 Å². The molecule has 13 heteroatoms. The van der Waals surface area contributed by atoms with Gasteiger partial charge in [0, 0.05) is 27.9 Å². The van der Waals surface area contributed by atoms with Crippen LogP contribution in [0.2, 0.25) is 0 Å². The summed E-state index contributed by atoms with van der Waals surface area (Å²) in [5, 5.41) is 4.23. The minimum Gasteiger partial charge on any atom is -0.756 e. The Kier molecular flexibility index (Phi) is 10.7. The van der Waals surface area contributed by atoms with Crippen LogP contribution >= 0.6 is 19.2 Å². The van der Waals surface area contributed by atoms with Gasteiger partial charge >= 0.3 is 5.97 Å². The van der Waals surface area contributed by atoms with Crippen LogP contribution in [-0.2, 0) is 18.6 Å². The zero-order valence-electron chi connectivity index (χ0n) is 26.4. The van der Waals surface area contributed by atoms with Crippen molar-refractivity contribution < 1.29 is 37.6 Å². The number of rotatable bonds is 13. The number of H-pyrrole nitrogens is 1. The Hall–Kier alpha value is -3.25. The molecule has 0 bridgehead atoms. The summed E-state index contributed by atoms with van der Waals surface area (Å²) in [6, 6.07) is 17.3. The van der Waals surface area contributed by atoms with E-state index in [1.807, 2.05) is 18.2 Å². The second-order valence-electron chi connectivity index (χ2n) is 12.7. The third-order valence-electron chi connectivity index (χ3n) is 9.47. The van der Waals surface area contributed by atoms with Gasteiger partial charge < -0.3 is 33.6 Å². The molecule has 252 valence electrons. The molecule has 4 aromatic rings. The summed E-state index contributed by atoms with van der Waals surface area (Å²) in [6.07, 6.45) is 4.41. The molecule has 1 saturated heterocycles. The molecule has 1 aliphatic heterocycles. The number of phosphoric acid groups is 1. The van der Waals surface area contributed by atoms with Crippen molar-refractivity contribution in [3.05, 3.63) is 70.3 Å². The molecule has 2 aliphatic rings. The molecular formula is C34H42N3O8PS. The maximum absolute atomic E-state index is 13.1. The number of phosphoric ester groups is 1. The van der Waals surface area contributed by atoms with Gasteiger partial charge in [0.05, 0.1) is 50.8 Å². The number of quaternary nitrogens is 1. The smallest absolute Gasteiger partial charge is 0.311 e. The molecule has 6 rings (SSSR count). The number of aromatic nitrogens is 1. The molecule has 2 fully saturated rings. The number of ether oxygens (including phenoxy) is 2. The van der Waals surface area contributed by atoms with E-state index in [2.05, 4.69) is 39.5 Å². The average Bonchev–Trinajstić information content (AvgIpc) is 3.54. The van der Waals surface area contributed by atoms with Crippen molar-refractivity contribution in [3.8, 4) is 5.75 Å². The fourth-order valence-corrected chi connectivity index (χ4v) is 8.17. The van der Waals surface area contributed by atoms with Gasteiger partial charge in [0.2, 0.25) is 5.56 Å². The van der Waals surface area contributed by atoms with Crippen molar-refractivity contribution >= 4 is 51.8 Å². The molecule has 0 radical (unpaired) electrons. The third-order valence-corrected chi connectivity index (χ3v) is 10.9. The topological polar surface area (TPSA) is 141 Å². The number of carbonyl (C=O) groups excluding carboxylic acids is 1. The van der Waals surface area contributed by atoms with E-state index in [1.54, 1.807) is 17.4 Å². The van der Waals surface area contributed by atoms with E-state index in [0.717, 1.165) is 50.6 Å². The fourth-order valence-electron chi connectivity index (χ4n) is 6.96. The van der Waals surface area contributed by atoms with Crippen LogP contribution in [0.4, 0.5) is 5.69 Å². The molecule has 2 aromatic carbocycles. The second-order valence-corrected chi connectivity index (χ2v) is 14.8. The molecule has 0 amide bonds. The lowest BCUT2D eigenvalue weighted by Crippen LogP contribution is -2.63. The number of benzene rings is 2. The Bertz CT molecular complexity index is 1770. The predicted molar refractivity (Wildman–Crippen MR) is 180 cm³/mol. The number of aromatic amines is 1. The number of thiophene rings is 1. The zero-order valence-corrected chi connectivity index (χ0v) is 28.1. The number of nitrogens with one attached hydrogen (secondary N) is 1. The first kappa shape index (κ1) is 33.6. The van der Waals surface area contributed by atoms with Crippen molar-refractivity contribution in [3.63, 3.8) is 0 Å². The second kappa shape index (κ2) is 14.9. The van der Waals surface area contributed by atoms with E-state index >= 15 is 0 Å². The highest BCUT2D eigenvalue weighted by atomic mass is 32.1. The number of hydrogen-bond acceptors (Lipinski definition) is 9. The lowest BCUT2D eigenvalue weighted by atomic mass is 9.89. The van der Waals surface area contributed by atoms with Crippen molar-refractivity contribution in [2.24, 2.45) is 5.92 Å². The lowest BCUT2D eigenvalue weighted by molar-refractivity contribution is -0.933. The molecule has 47 heavy (non-hydrogen) atoms. The van der Waals surface area contributed by atoms with Gasteiger partial charge in [-0.25, -0.2) is 0 Å². The maximum atomic E-state index is 13.1. The molecule has 2 N–H and O–H groups in total. The van der Waals surface area contributed by atoms with Gasteiger partial charge in [0.1, 0.15) is 12.3 Å². The number of pyridine rings is 1. The number of piperazine rings is 1. The highest BCUT2D eigenvalue weighted by Gasteiger charge is 2.39. The monoisotopic (exact) mass is 683 g/mol. The van der Waals surface area contributed by atoms with Crippen molar-refractivity contribution in [1.82, 2.24) is 4.98 Å². The Morgan fingerprint density at radius 3 is 2.66 bits per heavy atom. The van der Waals surface area contributed by atoms with Crippen LogP contribution < -0.4 is 20.1 Å². The first-order valence-corrected chi connectivity index (χ1v) is 18.8. The van der Waals surface area contributed by atoms with E-state index in [-0.39, 0.29) is 18.0 Å². The highest BCUT2D eigenvalue weighted by molar-refractivity contribution is 7.44. The number of hydrogen-bond donors (Lipinski definition) is 2.